The molecule has 2 heterocycles. The quantitative estimate of drug-likeness (QED) is 0.530. The second kappa shape index (κ2) is 10.4. The molecule has 10 heteroatoms. The lowest BCUT2D eigenvalue weighted by molar-refractivity contribution is 0.102. The van der Waals surface area contributed by atoms with Crippen molar-refractivity contribution in [2.75, 3.05) is 49.4 Å². The maximum atomic E-state index is 12.8. The second-order valence-corrected chi connectivity index (χ2v) is 10.3. The third-order valence-electron chi connectivity index (χ3n) is 5.67. The van der Waals surface area contributed by atoms with Crippen molar-refractivity contribution in [3.8, 4) is 17.1 Å². The number of sulfone groups is 1. The van der Waals surface area contributed by atoms with Crippen molar-refractivity contribution in [2.24, 2.45) is 0 Å². The molecule has 1 amide bonds. The number of ether oxygens (including phenoxy) is 2. The van der Waals surface area contributed by atoms with Crippen LogP contribution in [0.3, 0.4) is 0 Å². The molecule has 0 aliphatic carbocycles. The number of rotatable bonds is 7. The van der Waals surface area contributed by atoms with Crippen LogP contribution in [0.5, 0.6) is 5.88 Å². The molecule has 2 aromatic carbocycles. The van der Waals surface area contributed by atoms with Crippen molar-refractivity contribution < 1.29 is 22.7 Å². The van der Waals surface area contributed by atoms with Gasteiger partial charge in [-0.25, -0.2) is 8.42 Å². The van der Waals surface area contributed by atoms with E-state index in [-0.39, 0.29) is 10.5 Å². The number of carbonyl (C=O) groups is 1. The van der Waals surface area contributed by atoms with Crippen LogP contribution in [0, 0.1) is 6.92 Å². The summed E-state index contributed by atoms with van der Waals surface area (Å²) in [6.45, 7) is 7.06. The summed E-state index contributed by atoms with van der Waals surface area (Å²) in [6, 6.07) is 13.4. The van der Waals surface area contributed by atoms with Crippen LogP contribution < -0.4 is 15.0 Å². The lowest BCUT2D eigenvalue weighted by atomic mass is 10.0. The molecule has 1 N–H and O–H groups in total. The molecular weight excluding hydrogens is 468 g/mol. The number of hydrogen-bond donors (Lipinski definition) is 1. The molecule has 184 valence electrons. The smallest absolute Gasteiger partial charge is 0.257 e. The zero-order valence-electron chi connectivity index (χ0n) is 19.9. The monoisotopic (exact) mass is 496 g/mol. The Balaban J connectivity index is 1.64. The topological polar surface area (TPSA) is 111 Å². The number of carbonyl (C=O) groups excluding carboxylic acids is 1. The van der Waals surface area contributed by atoms with E-state index in [1.165, 1.54) is 12.1 Å². The minimum atomic E-state index is -3.42. The van der Waals surface area contributed by atoms with Crippen molar-refractivity contribution in [3.63, 3.8) is 0 Å². The van der Waals surface area contributed by atoms with E-state index >= 15 is 0 Å². The fraction of sp³-hybridized carbons (Fsp3) is 0.320. The number of benzene rings is 2. The molecule has 0 unspecified atom stereocenters. The predicted octanol–water partition coefficient (Wildman–Crippen LogP) is 3.34. The van der Waals surface area contributed by atoms with Gasteiger partial charge >= 0.3 is 0 Å². The highest BCUT2D eigenvalue weighted by Gasteiger charge is 2.20. The Hall–Kier alpha value is -3.50. The third kappa shape index (κ3) is 5.77. The Morgan fingerprint density at radius 1 is 1.11 bits per heavy atom. The molecule has 1 fully saturated rings. The van der Waals surface area contributed by atoms with E-state index in [9.17, 15) is 13.2 Å². The fourth-order valence-electron chi connectivity index (χ4n) is 3.82. The lowest BCUT2D eigenvalue weighted by Crippen LogP contribution is -2.36. The van der Waals surface area contributed by atoms with Gasteiger partial charge in [0.05, 0.1) is 30.4 Å². The van der Waals surface area contributed by atoms with Gasteiger partial charge in [-0.2, -0.15) is 0 Å². The number of amides is 1. The van der Waals surface area contributed by atoms with Crippen molar-refractivity contribution in [1.29, 1.82) is 0 Å². The molecule has 0 radical (unpaired) electrons. The zero-order valence-corrected chi connectivity index (χ0v) is 20.8. The number of anilines is 2. The summed E-state index contributed by atoms with van der Waals surface area (Å²) in [7, 11) is -3.42. The number of aryl methyl sites for hydroxylation is 1. The van der Waals surface area contributed by atoms with E-state index in [0.29, 0.717) is 37.1 Å². The van der Waals surface area contributed by atoms with Gasteiger partial charge in [0, 0.05) is 36.2 Å². The van der Waals surface area contributed by atoms with E-state index in [4.69, 9.17) is 9.47 Å². The van der Waals surface area contributed by atoms with Crippen molar-refractivity contribution in [1.82, 2.24) is 10.2 Å². The van der Waals surface area contributed by atoms with Gasteiger partial charge in [0.15, 0.2) is 9.84 Å². The Morgan fingerprint density at radius 2 is 1.89 bits per heavy atom. The highest BCUT2D eigenvalue weighted by Crippen LogP contribution is 2.33. The summed E-state index contributed by atoms with van der Waals surface area (Å²) in [5, 5.41) is 11.6. The van der Waals surface area contributed by atoms with Crippen molar-refractivity contribution >= 4 is 27.1 Å². The summed E-state index contributed by atoms with van der Waals surface area (Å²) in [5.41, 5.74) is 4.11. The third-order valence-corrected chi connectivity index (χ3v) is 6.78. The average molecular weight is 497 g/mol. The Morgan fingerprint density at radius 3 is 2.60 bits per heavy atom. The van der Waals surface area contributed by atoms with Crippen LogP contribution >= 0.6 is 0 Å². The molecule has 1 saturated heterocycles. The van der Waals surface area contributed by atoms with Crippen LogP contribution in [-0.2, 0) is 14.6 Å². The van der Waals surface area contributed by atoms with Gasteiger partial charge in [0.1, 0.15) is 5.69 Å². The van der Waals surface area contributed by atoms with Crippen LogP contribution in [-0.4, -0.2) is 63.7 Å². The van der Waals surface area contributed by atoms with Gasteiger partial charge in [-0.05, 0) is 55.8 Å². The second-order valence-electron chi connectivity index (χ2n) is 8.24. The molecule has 9 nitrogen and oxygen atoms in total. The van der Waals surface area contributed by atoms with E-state index in [2.05, 4.69) is 20.4 Å². The molecular formula is C25H28N4O5S. The van der Waals surface area contributed by atoms with Crippen LogP contribution in [0.1, 0.15) is 22.8 Å². The Bertz CT molecular complexity index is 1340. The number of morpholine rings is 1. The molecule has 0 bridgehead atoms. The fourth-order valence-corrected chi connectivity index (χ4v) is 4.49. The molecule has 1 aliphatic rings. The SMILES string of the molecule is CCOc1nnc(-c2cc(NC(=O)c3cccc(S(C)(=O)=O)c3)ccc2C)cc1N1CCOCC1. The molecule has 1 aliphatic heterocycles. The Labute approximate surface area is 205 Å². The molecule has 35 heavy (non-hydrogen) atoms. The van der Waals surface area contributed by atoms with Gasteiger partial charge in [-0.3, -0.25) is 4.79 Å². The van der Waals surface area contributed by atoms with Gasteiger partial charge < -0.3 is 19.7 Å². The minimum Gasteiger partial charge on any atom is -0.475 e. The maximum Gasteiger partial charge on any atom is 0.257 e. The largest absolute Gasteiger partial charge is 0.475 e. The number of hydrogen-bond acceptors (Lipinski definition) is 8. The molecule has 1 aromatic heterocycles. The standard InChI is InChI=1S/C25H28N4O5S/c1-4-34-25-23(29-10-12-33-13-11-29)16-22(27-28-25)21-15-19(9-8-17(21)2)26-24(30)18-6-5-7-20(14-18)35(3,31)32/h5-9,14-16H,4,10-13H2,1-3H3,(H,26,30). The normalized spacial score (nSPS) is 14.0. The molecule has 0 spiro atoms. The first-order valence-corrected chi connectivity index (χ1v) is 13.2. The summed E-state index contributed by atoms with van der Waals surface area (Å²) < 4.78 is 34.9. The van der Waals surface area contributed by atoms with Crippen molar-refractivity contribution in [2.45, 2.75) is 18.7 Å². The van der Waals surface area contributed by atoms with E-state index in [1.807, 2.05) is 32.0 Å². The predicted molar refractivity (Wildman–Crippen MR) is 134 cm³/mol. The van der Waals surface area contributed by atoms with Gasteiger partial charge in [-0.1, -0.05) is 12.1 Å². The number of nitrogens with zero attached hydrogens (tertiary/aromatic N) is 3. The minimum absolute atomic E-state index is 0.0926. The summed E-state index contributed by atoms with van der Waals surface area (Å²) in [4.78, 5) is 15.1. The summed E-state index contributed by atoms with van der Waals surface area (Å²) in [6.07, 6.45) is 1.11. The van der Waals surface area contributed by atoms with Gasteiger partial charge in [0.2, 0.25) is 0 Å². The first kappa shape index (κ1) is 24.6. The highest BCUT2D eigenvalue weighted by molar-refractivity contribution is 7.90. The first-order valence-electron chi connectivity index (χ1n) is 11.3. The molecule has 3 aromatic rings. The van der Waals surface area contributed by atoms with Crippen LogP contribution in [0.4, 0.5) is 11.4 Å². The van der Waals surface area contributed by atoms with E-state index < -0.39 is 15.7 Å². The van der Waals surface area contributed by atoms with Crippen LogP contribution in [0.25, 0.3) is 11.3 Å². The van der Waals surface area contributed by atoms with Gasteiger partial charge in [-0.15, -0.1) is 10.2 Å². The zero-order chi connectivity index (χ0) is 25.0. The summed E-state index contributed by atoms with van der Waals surface area (Å²) >= 11 is 0. The maximum absolute atomic E-state index is 12.8. The Kier molecular flexibility index (Phi) is 7.32. The highest BCUT2D eigenvalue weighted by atomic mass is 32.2. The van der Waals surface area contributed by atoms with Gasteiger partial charge in [0.25, 0.3) is 11.8 Å². The molecule has 0 atom stereocenters. The van der Waals surface area contributed by atoms with E-state index in [1.54, 1.807) is 18.2 Å². The van der Waals surface area contributed by atoms with Crippen LogP contribution in [0.15, 0.2) is 53.4 Å². The molecule has 4 rings (SSSR count). The van der Waals surface area contributed by atoms with Crippen LogP contribution in [0.2, 0.25) is 0 Å². The first-order chi connectivity index (χ1) is 16.8. The average Bonchev–Trinajstić information content (AvgIpc) is 2.86. The van der Waals surface area contributed by atoms with E-state index in [0.717, 1.165) is 36.2 Å². The number of nitrogens with one attached hydrogen (secondary N) is 1. The van der Waals surface area contributed by atoms with Crippen molar-refractivity contribution in [3.05, 3.63) is 59.7 Å². The molecule has 0 saturated carbocycles. The number of aromatic nitrogens is 2. The lowest BCUT2D eigenvalue weighted by Gasteiger charge is -2.29. The summed E-state index contributed by atoms with van der Waals surface area (Å²) in [5.74, 6) is 0.0723.